The molecule has 0 fully saturated rings. The SMILES string of the molecule is COc1ccc(CCC(=O)OCc2cc(=O)n3c(n2)sc2ccccc23)cc1. The number of fused-ring (bicyclic) bond motifs is 3. The maximum Gasteiger partial charge on any atom is 0.306 e. The van der Waals surface area contributed by atoms with Crippen molar-refractivity contribution >= 4 is 32.5 Å². The third-order valence-electron chi connectivity index (χ3n) is 4.41. The number of rotatable bonds is 6. The fraction of sp³-hybridized carbons (Fsp3) is 0.190. The minimum absolute atomic E-state index is 0.0125. The summed E-state index contributed by atoms with van der Waals surface area (Å²) in [6.45, 7) is -0.0125. The Morgan fingerprint density at radius 2 is 1.93 bits per heavy atom. The first-order chi connectivity index (χ1) is 13.6. The van der Waals surface area contributed by atoms with Crippen LogP contribution in [0.15, 0.2) is 59.4 Å². The number of esters is 1. The lowest BCUT2D eigenvalue weighted by atomic mass is 10.1. The van der Waals surface area contributed by atoms with Crippen LogP contribution in [0.2, 0.25) is 0 Å². The molecule has 2 aromatic heterocycles. The van der Waals surface area contributed by atoms with Crippen molar-refractivity contribution in [3.8, 4) is 5.75 Å². The van der Waals surface area contributed by atoms with Crippen molar-refractivity contribution < 1.29 is 14.3 Å². The summed E-state index contributed by atoms with van der Waals surface area (Å²) in [6.07, 6.45) is 0.838. The molecule has 0 aliphatic rings. The van der Waals surface area contributed by atoms with Gasteiger partial charge in [0.15, 0.2) is 4.96 Å². The molecule has 0 aliphatic carbocycles. The second-order valence-corrected chi connectivity index (χ2v) is 7.29. The van der Waals surface area contributed by atoms with Crippen LogP contribution in [0.1, 0.15) is 17.7 Å². The van der Waals surface area contributed by atoms with Gasteiger partial charge in [0.05, 0.1) is 23.0 Å². The Morgan fingerprint density at radius 1 is 1.14 bits per heavy atom. The monoisotopic (exact) mass is 394 g/mol. The lowest BCUT2D eigenvalue weighted by molar-refractivity contribution is -0.145. The average molecular weight is 394 g/mol. The van der Waals surface area contributed by atoms with Gasteiger partial charge in [0, 0.05) is 12.5 Å². The molecule has 0 amide bonds. The maximum atomic E-state index is 12.5. The molecule has 0 spiro atoms. The Balaban J connectivity index is 1.41. The van der Waals surface area contributed by atoms with E-state index >= 15 is 0 Å². The fourth-order valence-electron chi connectivity index (χ4n) is 2.96. The summed E-state index contributed by atoms with van der Waals surface area (Å²) >= 11 is 1.44. The summed E-state index contributed by atoms with van der Waals surface area (Å²) < 4.78 is 13.0. The summed E-state index contributed by atoms with van der Waals surface area (Å²) in [5, 5.41) is 0. The van der Waals surface area contributed by atoms with Crippen LogP contribution in [-0.4, -0.2) is 22.5 Å². The van der Waals surface area contributed by atoms with Crippen LogP contribution >= 0.6 is 11.3 Å². The van der Waals surface area contributed by atoms with Crippen molar-refractivity contribution in [2.75, 3.05) is 7.11 Å². The normalized spacial score (nSPS) is 11.0. The van der Waals surface area contributed by atoms with Gasteiger partial charge in [-0.15, -0.1) is 0 Å². The lowest BCUT2D eigenvalue weighted by Crippen LogP contribution is -2.15. The molecule has 0 radical (unpaired) electrons. The Hall–Kier alpha value is -3.19. The van der Waals surface area contributed by atoms with E-state index in [-0.39, 0.29) is 24.6 Å². The third-order valence-corrected chi connectivity index (χ3v) is 5.43. The summed E-state index contributed by atoms with van der Waals surface area (Å²) in [5.74, 6) is 0.453. The quantitative estimate of drug-likeness (QED) is 0.468. The van der Waals surface area contributed by atoms with Crippen LogP contribution < -0.4 is 10.3 Å². The van der Waals surface area contributed by atoms with Gasteiger partial charge in [-0.2, -0.15) is 0 Å². The molecule has 0 saturated heterocycles. The molecular formula is C21H18N2O4S. The van der Waals surface area contributed by atoms with Gasteiger partial charge in [-0.25, -0.2) is 4.98 Å². The number of para-hydroxylation sites is 1. The molecule has 0 bridgehead atoms. The van der Waals surface area contributed by atoms with E-state index in [1.165, 1.54) is 17.4 Å². The molecular weight excluding hydrogens is 376 g/mol. The second kappa shape index (κ2) is 7.82. The molecule has 6 nitrogen and oxygen atoms in total. The zero-order valence-electron chi connectivity index (χ0n) is 15.3. The fourth-order valence-corrected chi connectivity index (χ4v) is 4.01. The number of benzene rings is 2. The Kier molecular flexibility index (Phi) is 5.08. The first-order valence-electron chi connectivity index (χ1n) is 8.83. The molecule has 2 heterocycles. The van der Waals surface area contributed by atoms with Crippen molar-refractivity contribution in [1.29, 1.82) is 0 Å². The first-order valence-corrected chi connectivity index (χ1v) is 9.64. The minimum atomic E-state index is -0.325. The van der Waals surface area contributed by atoms with Gasteiger partial charge in [-0.3, -0.25) is 14.0 Å². The molecule has 0 aliphatic heterocycles. The maximum absolute atomic E-state index is 12.5. The highest BCUT2D eigenvalue weighted by Gasteiger charge is 2.11. The first kappa shape index (κ1) is 18.2. The standard InChI is InChI=1S/C21H18N2O4S/c1-26-16-9-6-14(7-10-16)8-11-20(25)27-13-15-12-19(24)23-17-4-2-3-5-18(17)28-21(23)22-15/h2-7,9-10,12H,8,11,13H2,1H3. The van der Waals surface area contributed by atoms with Crippen molar-refractivity contribution in [3.05, 3.63) is 76.2 Å². The molecule has 0 atom stereocenters. The van der Waals surface area contributed by atoms with Crippen LogP contribution in [0.5, 0.6) is 5.75 Å². The number of methoxy groups -OCH3 is 1. The van der Waals surface area contributed by atoms with Gasteiger partial charge in [-0.1, -0.05) is 35.6 Å². The number of carbonyl (C=O) groups excluding carboxylic acids is 1. The summed E-state index contributed by atoms with van der Waals surface area (Å²) in [4.78, 5) is 29.6. The molecule has 28 heavy (non-hydrogen) atoms. The molecule has 0 N–H and O–H groups in total. The number of carbonyl (C=O) groups is 1. The predicted molar refractivity (Wildman–Crippen MR) is 108 cm³/mol. The highest BCUT2D eigenvalue weighted by atomic mass is 32.1. The smallest absolute Gasteiger partial charge is 0.306 e. The van der Waals surface area contributed by atoms with Crippen LogP contribution in [-0.2, 0) is 22.6 Å². The van der Waals surface area contributed by atoms with E-state index in [0.717, 1.165) is 21.5 Å². The molecule has 0 saturated carbocycles. The largest absolute Gasteiger partial charge is 0.497 e. The van der Waals surface area contributed by atoms with E-state index in [2.05, 4.69) is 4.98 Å². The van der Waals surface area contributed by atoms with Crippen molar-refractivity contribution in [2.45, 2.75) is 19.4 Å². The average Bonchev–Trinajstić information content (AvgIpc) is 3.10. The van der Waals surface area contributed by atoms with E-state index in [9.17, 15) is 9.59 Å². The molecule has 0 unspecified atom stereocenters. The summed E-state index contributed by atoms with van der Waals surface area (Å²) in [6, 6.07) is 16.6. The second-order valence-electron chi connectivity index (χ2n) is 6.28. The van der Waals surface area contributed by atoms with Crippen LogP contribution in [0, 0.1) is 0 Å². The van der Waals surface area contributed by atoms with Gasteiger partial charge >= 0.3 is 5.97 Å². The number of aryl methyl sites for hydroxylation is 1. The Bertz CT molecular complexity index is 1190. The van der Waals surface area contributed by atoms with Gasteiger partial charge < -0.3 is 9.47 Å². The molecule has 4 aromatic rings. The van der Waals surface area contributed by atoms with E-state index in [1.807, 2.05) is 48.5 Å². The van der Waals surface area contributed by atoms with Crippen molar-refractivity contribution in [2.24, 2.45) is 0 Å². The third kappa shape index (κ3) is 3.75. The van der Waals surface area contributed by atoms with Crippen LogP contribution in [0.4, 0.5) is 0 Å². The summed E-state index contributed by atoms with van der Waals surface area (Å²) in [7, 11) is 1.61. The molecule has 2 aromatic carbocycles. The van der Waals surface area contributed by atoms with Gasteiger partial charge in [-0.05, 0) is 36.2 Å². The molecule has 7 heteroatoms. The van der Waals surface area contributed by atoms with Gasteiger partial charge in [0.2, 0.25) is 0 Å². The lowest BCUT2D eigenvalue weighted by Gasteiger charge is -2.06. The number of nitrogens with zero attached hydrogens (tertiary/aromatic N) is 2. The van der Waals surface area contributed by atoms with Crippen molar-refractivity contribution in [3.63, 3.8) is 0 Å². The van der Waals surface area contributed by atoms with Crippen LogP contribution in [0.25, 0.3) is 15.2 Å². The summed E-state index contributed by atoms with van der Waals surface area (Å²) in [5.41, 5.74) is 2.14. The number of hydrogen-bond acceptors (Lipinski definition) is 6. The zero-order valence-corrected chi connectivity index (χ0v) is 16.1. The highest BCUT2D eigenvalue weighted by Crippen LogP contribution is 2.23. The van der Waals surface area contributed by atoms with Crippen molar-refractivity contribution in [1.82, 2.24) is 9.38 Å². The van der Waals surface area contributed by atoms with E-state index in [1.54, 1.807) is 11.5 Å². The highest BCUT2D eigenvalue weighted by molar-refractivity contribution is 7.23. The Labute approximate surface area is 165 Å². The number of thiazole rings is 1. The molecule has 142 valence electrons. The van der Waals surface area contributed by atoms with E-state index < -0.39 is 0 Å². The topological polar surface area (TPSA) is 69.9 Å². The van der Waals surface area contributed by atoms with Gasteiger partial charge in [0.25, 0.3) is 5.56 Å². The number of hydrogen-bond donors (Lipinski definition) is 0. The predicted octanol–water partition coefficient (Wildman–Crippen LogP) is 3.59. The van der Waals surface area contributed by atoms with Gasteiger partial charge in [0.1, 0.15) is 12.4 Å². The number of aromatic nitrogens is 2. The number of ether oxygens (including phenoxy) is 2. The molecule has 4 rings (SSSR count). The van der Waals surface area contributed by atoms with Crippen LogP contribution in [0.3, 0.4) is 0 Å². The van der Waals surface area contributed by atoms with E-state index in [4.69, 9.17) is 9.47 Å². The minimum Gasteiger partial charge on any atom is -0.497 e. The van der Waals surface area contributed by atoms with E-state index in [0.29, 0.717) is 17.1 Å². The zero-order chi connectivity index (χ0) is 19.5. The Morgan fingerprint density at radius 3 is 2.71 bits per heavy atom.